The van der Waals surface area contributed by atoms with E-state index in [1.165, 1.54) is 12.8 Å². The number of carbonyl (C=O) groups excluding carboxylic acids is 1. The lowest BCUT2D eigenvalue weighted by Crippen LogP contribution is -2.50. The van der Waals surface area contributed by atoms with Gasteiger partial charge < -0.3 is 10.2 Å². The molecule has 1 aromatic heterocycles. The summed E-state index contributed by atoms with van der Waals surface area (Å²) in [5, 5.41) is 12.0. The number of rotatable bonds is 2. The van der Waals surface area contributed by atoms with Gasteiger partial charge in [0.25, 0.3) is 5.91 Å². The van der Waals surface area contributed by atoms with E-state index >= 15 is 0 Å². The van der Waals surface area contributed by atoms with Gasteiger partial charge in [0.05, 0.1) is 5.52 Å². The van der Waals surface area contributed by atoms with Crippen molar-refractivity contribution in [1.82, 2.24) is 20.4 Å². The first-order valence-corrected chi connectivity index (χ1v) is 12.4. The highest BCUT2D eigenvalue weighted by Gasteiger charge is 2.40. The van der Waals surface area contributed by atoms with Gasteiger partial charge >= 0.3 is 0 Å². The van der Waals surface area contributed by atoms with Crippen LogP contribution in [0.4, 0.5) is 0 Å². The molecule has 0 bridgehead atoms. The number of aromatic nitrogens is 2. The van der Waals surface area contributed by atoms with Gasteiger partial charge in [-0.1, -0.05) is 60.9 Å². The first kappa shape index (κ1) is 21.6. The molecule has 6 rings (SSSR count). The molecule has 1 atom stereocenters. The molecule has 3 heterocycles. The number of amides is 1. The highest BCUT2D eigenvalue weighted by molar-refractivity contribution is 5.99. The molecule has 1 spiro atoms. The molecule has 2 fully saturated rings. The summed E-state index contributed by atoms with van der Waals surface area (Å²) in [5.74, 6) is 6.69. The normalized spacial score (nSPS) is 19.6. The largest absolute Gasteiger partial charge is 0.337 e. The SMILES string of the molecule is O=C(c1ccc2n[nH]c(C#Cc3ccccc3-c3ccccc3)c2c1)N1CC[C@@]2(CCCCN2)C1. The lowest BCUT2D eigenvalue weighted by Gasteiger charge is -2.34. The molecule has 0 unspecified atom stereocenters. The highest BCUT2D eigenvalue weighted by atomic mass is 16.2. The van der Waals surface area contributed by atoms with Gasteiger partial charge in [0.2, 0.25) is 0 Å². The molecule has 2 N–H and O–H groups in total. The number of carbonyl (C=O) groups is 1. The minimum Gasteiger partial charge on any atom is -0.337 e. The Morgan fingerprint density at radius 2 is 1.80 bits per heavy atom. The fourth-order valence-corrected chi connectivity index (χ4v) is 5.44. The highest BCUT2D eigenvalue weighted by Crippen LogP contribution is 2.31. The molecule has 0 aliphatic carbocycles. The zero-order chi connectivity index (χ0) is 23.7. The second-order valence-electron chi connectivity index (χ2n) is 9.63. The monoisotopic (exact) mass is 460 g/mol. The first-order valence-electron chi connectivity index (χ1n) is 12.4. The van der Waals surface area contributed by atoms with E-state index < -0.39 is 0 Å². The third-order valence-corrected chi connectivity index (χ3v) is 7.36. The summed E-state index contributed by atoms with van der Waals surface area (Å²) in [6.45, 7) is 2.65. The van der Waals surface area contributed by atoms with E-state index in [0.29, 0.717) is 5.56 Å². The van der Waals surface area contributed by atoms with Crippen molar-refractivity contribution < 1.29 is 4.79 Å². The Kier molecular flexibility index (Phi) is 5.60. The van der Waals surface area contributed by atoms with Gasteiger partial charge in [-0.2, -0.15) is 5.10 Å². The Labute approximate surface area is 205 Å². The number of benzene rings is 3. The van der Waals surface area contributed by atoms with Crippen LogP contribution in [0.15, 0.2) is 72.8 Å². The number of aromatic amines is 1. The van der Waals surface area contributed by atoms with Crippen LogP contribution in [0.5, 0.6) is 0 Å². The Morgan fingerprint density at radius 1 is 0.943 bits per heavy atom. The Morgan fingerprint density at radius 3 is 2.66 bits per heavy atom. The zero-order valence-corrected chi connectivity index (χ0v) is 19.7. The molecule has 2 aliphatic rings. The lowest BCUT2D eigenvalue weighted by atomic mass is 9.88. The number of fused-ring (bicyclic) bond motifs is 1. The first-order chi connectivity index (χ1) is 17.2. The van der Waals surface area contributed by atoms with Crippen molar-refractivity contribution in [3.63, 3.8) is 0 Å². The molecule has 3 aromatic carbocycles. The summed E-state index contributed by atoms with van der Waals surface area (Å²) >= 11 is 0. The summed E-state index contributed by atoms with van der Waals surface area (Å²) in [7, 11) is 0. The fraction of sp³-hybridized carbons (Fsp3) is 0.267. The van der Waals surface area contributed by atoms with Gasteiger partial charge in [0, 0.05) is 35.1 Å². The number of hydrogen-bond donors (Lipinski definition) is 2. The smallest absolute Gasteiger partial charge is 0.253 e. The average Bonchev–Trinajstić information content (AvgIpc) is 3.52. The van der Waals surface area contributed by atoms with Crippen molar-refractivity contribution >= 4 is 16.8 Å². The molecule has 2 saturated heterocycles. The number of nitrogens with one attached hydrogen (secondary N) is 2. The zero-order valence-electron chi connectivity index (χ0n) is 19.7. The summed E-state index contributed by atoms with van der Waals surface area (Å²) in [4.78, 5) is 15.4. The molecule has 2 aliphatic heterocycles. The van der Waals surface area contributed by atoms with E-state index in [-0.39, 0.29) is 11.4 Å². The molecule has 0 radical (unpaired) electrons. The van der Waals surface area contributed by atoms with Gasteiger partial charge in [-0.3, -0.25) is 9.89 Å². The van der Waals surface area contributed by atoms with Crippen LogP contribution < -0.4 is 5.32 Å². The van der Waals surface area contributed by atoms with Crippen molar-refractivity contribution in [3.05, 3.63) is 89.6 Å². The maximum absolute atomic E-state index is 13.4. The molecule has 5 heteroatoms. The third kappa shape index (κ3) is 4.22. The van der Waals surface area contributed by atoms with E-state index in [9.17, 15) is 4.79 Å². The van der Waals surface area contributed by atoms with Gasteiger partial charge in [-0.15, -0.1) is 0 Å². The molecule has 0 saturated carbocycles. The molecule has 4 aromatic rings. The van der Waals surface area contributed by atoms with Crippen LogP contribution in [-0.2, 0) is 0 Å². The van der Waals surface area contributed by atoms with Crippen molar-refractivity contribution in [1.29, 1.82) is 0 Å². The van der Waals surface area contributed by atoms with Crippen LogP contribution in [0, 0.1) is 11.8 Å². The standard InChI is InChI=1S/C30H28N4O/c35-29(34-19-17-30(21-34)16-6-7-18-31-30)24-13-15-28-26(20-24)27(32-33-28)14-12-23-10-4-5-11-25(23)22-8-2-1-3-9-22/h1-5,8-11,13,15,20,31H,6-7,16-19,21H2,(H,32,33)/t30-/m0/s1. The topological polar surface area (TPSA) is 61.0 Å². The third-order valence-electron chi connectivity index (χ3n) is 7.36. The quantitative estimate of drug-likeness (QED) is 0.415. The Bertz CT molecular complexity index is 1440. The van der Waals surface area contributed by atoms with Crippen molar-refractivity contribution in [2.45, 2.75) is 31.2 Å². The van der Waals surface area contributed by atoms with E-state index in [1.807, 2.05) is 59.5 Å². The molecular formula is C30H28N4O. The van der Waals surface area contributed by atoms with Crippen LogP contribution in [0.3, 0.4) is 0 Å². The minimum absolute atomic E-state index is 0.0886. The van der Waals surface area contributed by atoms with Crippen LogP contribution >= 0.6 is 0 Å². The fourth-order valence-electron chi connectivity index (χ4n) is 5.44. The van der Waals surface area contributed by atoms with Crippen molar-refractivity contribution in [2.75, 3.05) is 19.6 Å². The summed E-state index contributed by atoms with van der Waals surface area (Å²) < 4.78 is 0. The van der Waals surface area contributed by atoms with Crippen LogP contribution in [0.2, 0.25) is 0 Å². The Balaban J connectivity index is 1.28. The van der Waals surface area contributed by atoms with Crippen molar-refractivity contribution in [3.8, 4) is 23.0 Å². The number of piperidine rings is 1. The second-order valence-corrected chi connectivity index (χ2v) is 9.63. The van der Waals surface area contributed by atoms with Crippen molar-refractivity contribution in [2.24, 2.45) is 0 Å². The molecule has 5 nitrogen and oxygen atoms in total. The maximum Gasteiger partial charge on any atom is 0.253 e. The molecule has 35 heavy (non-hydrogen) atoms. The lowest BCUT2D eigenvalue weighted by molar-refractivity contribution is 0.0775. The van der Waals surface area contributed by atoms with Crippen LogP contribution in [0.1, 0.15) is 47.3 Å². The predicted octanol–water partition coefficient (Wildman–Crippen LogP) is 4.99. The van der Waals surface area contributed by atoms with Gasteiger partial charge in [0.15, 0.2) is 0 Å². The molecular weight excluding hydrogens is 432 g/mol. The Hall–Kier alpha value is -3.88. The van der Waals surface area contributed by atoms with E-state index in [4.69, 9.17) is 0 Å². The summed E-state index contributed by atoms with van der Waals surface area (Å²) in [6, 6.07) is 24.2. The molecule has 174 valence electrons. The van der Waals surface area contributed by atoms with Gasteiger partial charge in [-0.05, 0) is 67.1 Å². The maximum atomic E-state index is 13.4. The molecule has 1 amide bonds. The van der Waals surface area contributed by atoms with Crippen LogP contribution in [0.25, 0.3) is 22.0 Å². The summed E-state index contributed by atoms with van der Waals surface area (Å²) in [6.07, 6.45) is 4.66. The number of hydrogen-bond acceptors (Lipinski definition) is 3. The van der Waals surface area contributed by atoms with Gasteiger partial charge in [0.1, 0.15) is 5.69 Å². The predicted molar refractivity (Wildman–Crippen MR) is 139 cm³/mol. The number of H-pyrrole nitrogens is 1. The number of nitrogens with zero attached hydrogens (tertiary/aromatic N) is 2. The minimum atomic E-state index is 0.0886. The van der Waals surface area contributed by atoms with Gasteiger partial charge in [-0.25, -0.2) is 0 Å². The average molecular weight is 461 g/mol. The summed E-state index contributed by atoms with van der Waals surface area (Å²) in [5.41, 5.74) is 5.53. The second kappa shape index (κ2) is 9.05. The van der Waals surface area contributed by atoms with E-state index in [1.54, 1.807) is 0 Å². The van der Waals surface area contributed by atoms with E-state index in [2.05, 4.69) is 45.6 Å². The number of likely N-dealkylation sites (tertiary alicyclic amines) is 1. The van der Waals surface area contributed by atoms with E-state index in [0.717, 1.165) is 65.8 Å². The van der Waals surface area contributed by atoms with Crippen LogP contribution in [-0.4, -0.2) is 46.2 Å².